The molecule has 6 heteroatoms. The van der Waals surface area contributed by atoms with E-state index in [0.29, 0.717) is 11.1 Å². The van der Waals surface area contributed by atoms with Gasteiger partial charge in [-0.25, -0.2) is 9.37 Å². The minimum atomic E-state index is -2.12. The molecule has 0 saturated heterocycles. The number of carbonyl (C=O) groups excluding carboxylic acids is 1. The molecule has 4 rings (SSSR count). The van der Waals surface area contributed by atoms with Crippen molar-refractivity contribution in [2.24, 2.45) is 5.92 Å². The third-order valence-electron chi connectivity index (χ3n) is 7.25. The average Bonchev–Trinajstić information content (AvgIpc) is 2.83. The summed E-state index contributed by atoms with van der Waals surface area (Å²) in [7, 11) is 6.02. The lowest BCUT2D eigenvalue weighted by molar-refractivity contribution is -0.462. The number of fused-ring (bicyclic) bond motifs is 2. The second kappa shape index (κ2) is 9.17. The van der Waals surface area contributed by atoms with Gasteiger partial charge in [0.15, 0.2) is 11.5 Å². The van der Waals surface area contributed by atoms with E-state index in [-0.39, 0.29) is 17.3 Å². The third kappa shape index (κ3) is 4.20. The monoisotopic (exact) mass is 499 g/mol. The van der Waals surface area contributed by atoms with Crippen molar-refractivity contribution in [2.75, 3.05) is 33.1 Å². The maximum atomic E-state index is 12.7. The van der Waals surface area contributed by atoms with E-state index in [4.69, 9.17) is 0 Å². The van der Waals surface area contributed by atoms with Crippen molar-refractivity contribution in [3.05, 3.63) is 87.6 Å². The van der Waals surface area contributed by atoms with Gasteiger partial charge in [0.25, 0.3) is 0 Å². The number of nitrogens with zero attached hydrogens (tertiary/aromatic N) is 2. The first-order chi connectivity index (χ1) is 16.8. The SMILES string of the molecule is CC(C)C(=O)c1ccc(C2=C3C=CC(=[N+](C)C)C=C3[Si](C)(C)c3cc(N(C)C)ccc32)c(C(=O)O)c1. The van der Waals surface area contributed by atoms with Crippen molar-refractivity contribution in [1.29, 1.82) is 0 Å². The summed E-state index contributed by atoms with van der Waals surface area (Å²) in [5.41, 5.74) is 6.55. The number of aromatic carboxylic acids is 1. The molecule has 1 N–H and O–H groups in total. The number of rotatable bonds is 5. The lowest BCUT2D eigenvalue weighted by Crippen LogP contribution is -2.49. The molecule has 0 amide bonds. The molecule has 5 nitrogen and oxygen atoms in total. The van der Waals surface area contributed by atoms with Crippen molar-refractivity contribution in [1.82, 2.24) is 0 Å². The van der Waals surface area contributed by atoms with Crippen LogP contribution in [-0.4, -0.2) is 63.4 Å². The molecular formula is C30H35N2O3Si+. The lowest BCUT2D eigenvalue weighted by atomic mass is 9.85. The Kier molecular flexibility index (Phi) is 6.52. The van der Waals surface area contributed by atoms with E-state index in [0.717, 1.165) is 28.1 Å². The highest BCUT2D eigenvalue weighted by Crippen LogP contribution is 2.42. The topological polar surface area (TPSA) is 60.6 Å². The smallest absolute Gasteiger partial charge is 0.336 e. The van der Waals surface area contributed by atoms with Crippen LogP contribution in [0.2, 0.25) is 13.1 Å². The number of carboxylic acids is 1. The Labute approximate surface area is 214 Å². The molecule has 0 fully saturated rings. The van der Waals surface area contributed by atoms with E-state index in [9.17, 15) is 14.7 Å². The zero-order chi connectivity index (χ0) is 26.5. The van der Waals surface area contributed by atoms with Crippen molar-refractivity contribution in [3.63, 3.8) is 0 Å². The van der Waals surface area contributed by atoms with Crippen molar-refractivity contribution < 1.29 is 19.3 Å². The predicted molar refractivity (Wildman–Crippen MR) is 151 cm³/mol. The highest BCUT2D eigenvalue weighted by molar-refractivity contribution is 6.98. The van der Waals surface area contributed by atoms with Gasteiger partial charge in [-0.1, -0.05) is 45.1 Å². The quantitative estimate of drug-likeness (QED) is 0.366. The maximum absolute atomic E-state index is 12.7. The maximum Gasteiger partial charge on any atom is 0.336 e. The Morgan fingerprint density at radius 1 is 0.972 bits per heavy atom. The largest absolute Gasteiger partial charge is 0.478 e. The molecule has 0 bridgehead atoms. The fraction of sp³-hybridized carbons (Fsp3) is 0.300. The Balaban J connectivity index is 2.10. The molecule has 2 aromatic rings. The first-order valence-corrected chi connectivity index (χ1v) is 15.3. The van der Waals surface area contributed by atoms with Crippen LogP contribution in [0.4, 0.5) is 5.69 Å². The van der Waals surface area contributed by atoms with Gasteiger partial charge in [-0.15, -0.1) is 0 Å². The van der Waals surface area contributed by atoms with Gasteiger partial charge in [0.1, 0.15) is 22.2 Å². The Hall–Kier alpha value is -3.51. The van der Waals surface area contributed by atoms with Crippen LogP contribution in [0.25, 0.3) is 5.57 Å². The minimum absolute atomic E-state index is 0.0571. The van der Waals surface area contributed by atoms with Gasteiger partial charge in [-0.3, -0.25) is 4.79 Å². The zero-order valence-corrected chi connectivity index (χ0v) is 23.4. The van der Waals surface area contributed by atoms with E-state index in [2.05, 4.69) is 59.0 Å². The number of carbonyl (C=O) groups is 2. The fourth-order valence-corrected chi connectivity index (χ4v) is 8.17. The van der Waals surface area contributed by atoms with Crippen molar-refractivity contribution in [3.8, 4) is 0 Å². The number of anilines is 1. The number of allylic oxidation sites excluding steroid dienone is 5. The molecule has 2 aromatic carbocycles. The van der Waals surface area contributed by atoms with Crippen LogP contribution in [0, 0.1) is 5.92 Å². The molecule has 1 heterocycles. The summed E-state index contributed by atoms with van der Waals surface area (Å²) in [5.74, 6) is -1.30. The number of ketones is 1. The standard InChI is InChI=1S/C30H34N2O3Si/c1-18(2)29(33)19-9-12-22(25(15-19)30(34)35)28-23-13-10-20(31(3)4)16-26(23)36(7,8)27-17-21(32(5)6)11-14-24(27)28/h9-18H,1-8H3/p+1. The summed E-state index contributed by atoms with van der Waals surface area (Å²) >= 11 is 0. The summed E-state index contributed by atoms with van der Waals surface area (Å²) in [6.07, 6.45) is 6.50. The Bertz CT molecular complexity index is 1420. The fourth-order valence-electron chi connectivity index (χ4n) is 5.10. The predicted octanol–water partition coefficient (Wildman–Crippen LogP) is 4.77. The van der Waals surface area contributed by atoms with Crippen LogP contribution in [0.1, 0.15) is 45.7 Å². The van der Waals surface area contributed by atoms with Gasteiger partial charge in [-0.2, -0.15) is 0 Å². The number of hydrogen-bond acceptors (Lipinski definition) is 3. The first-order valence-electron chi connectivity index (χ1n) is 12.3. The highest BCUT2D eigenvalue weighted by Gasteiger charge is 2.41. The molecule has 186 valence electrons. The summed E-state index contributed by atoms with van der Waals surface area (Å²) < 4.78 is 2.10. The van der Waals surface area contributed by atoms with Gasteiger partial charge >= 0.3 is 5.97 Å². The molecule has 1 aliphatic carbocycles. The number of carboxylic acid groups (broad SMARTS) is 1. The van der Waals surface area contributed by atoms with Gasteiger partial charge in [-0.05, 0) is 56.9 Å². The number of hydrogen-bond donors (Lipinski definition) is 1. The summed E-state index contributed by atoms with van der Waals surface area (Å²) in [4.78, 5) is 27.3. The van der Waals surface area contributed by atoms with Crippen molar-refractivity contribution >= 4 is 42.0 Å². The third-order valence-corrected chi connectivity index (χ3v) is 10.8. The normalized spacial score (nSPS) is 15.9. The van der Waals surface area contributed by atoms with Crippen LogP contribution in [0.3, 0.4) is 0 Å². The van der Waals surface area contributed by atoms with Crippen LogP contribution >= 0.6 is 0 Å². The van der Waals surface area contributed by atoms with Gasteiger partial charge < -0.3 is 10.0 Å². The van der Waals surface area contributed by atoms with Gasteiger partial charge in [0, 0.05) is 43.4 Å². The van der Waals surface area contributed by atoms with E-state index < -0.39 is 14.0 Å². The Morgan fingerprint density at radius 3 is 2.22 bits per heavy atom. The molecule has 0 spiro atoms. The zero-order valence-electron chi connectivity index (χ0n) is 22.4. The van der Waals surface area contributed by atoms with Crippen LogP contribution in [0.15, 0.2) is 65.4 Å². The second-order valence-electron chi connectivity index (χ2n) is 10.8. The van der Waals surface area contributed by atoms with E-state index in [1.165, 1.54) is 10.4 Å². The molecule has 0 saturated carbocycles. The number of benzene rings is 2. The second-order valence-corrected chi connectivity index (χ2v) is 15.2. The van der Waals surface area contributed by atoms with Gasteiger partial charge in [0.2, 0.25) is 0 Å². The van der Waals surface area contributed by atoms with E-state index >= 15 is 0 Å². The Morgan fingerprint density at radius 2 is 1.64 bits per heavy atom. The van der Waals surface area contributed by atoms with Crippen LogP contribution in [0.5, 0.6) is 0 Å². The van der Waals surface area contributed by atoms with Crippen LogP contribution < -0.4 is 10.1 Å². The molecule has 36 heavy (non-hydrogen) atoms. The summed E-state index contributed by atoms with van der Waals surface area (Å²) in [6, 6.07) is 11.6. The molecular weight excluding hydrogens is 464 g/mol. The average molecular weight is 500 g/mol. The number of Topliss-reactive ketones (excluding diaryl/α,β-unsaturated/α-hetero) is 1. The van der Waals surface area contributed by atoms with Gasteiger partial charge in [0.05, 0.1) is 5.56 Å². The van der Waals surface area contributed by atoms with Crippen LogP contribution in [-0.2, 0) is 0 Å². The molecule has 1 aliphatic heterocycles. The summed E-state index contributed by atoms with van der Waals surface area (Å²) in [5, 5.41) is 12.8. The van der Waals surface area contributed by atoms with Crippen molar-refractivity contribution in [2.45, 2.75) is 26.9 Å². The van der Waals surface area contributed by atoms with E-state index in [1.807, 2.05) is 48.1 Å². The first kappa shape index (κ1) is 25.6. The molecule has 0 radical (unpaired) electrons. The minimum Gasteiger partial charge on any atom is -0.478 e. The molecule has 0 atom stereocenters. The lowest BCUT2D eigenvalue weighted by Gasteiger charge is -2.38. The van der Waals surface area contributed by atoms with E-state index in [1.54, 1.807) is 12.1 Å². The highest BCUT2D eigenvalue weighted by atomic mass is 28.3. The molecule has 0 unspecified atom stereocenters. The summed E-state index contributed by atoms with van der Waals surface area (Å²) in [6.45, 7) is 8.39. The molecule has 2 aliphatic rings. The molecule has 0 aromatic heterocycles.